The minimum Gasteiger partial charge on any atom is -0.375 e. The van der Waals surface area contributed by atoms with E-state index >= 15 is 0 Å². The van der Waals surface area contributed by atoms with Crippen LogP contribution in [0.4, 0.5) is 5.88 Å². The quantitative estimate of drug-likeness (QED) is 0.911. The van der Waals surface area contributed by atoms with Crippen molar-refractivity contribution in [3.63, 3.8) is 0 Å². The number of nitrogens with zero attached hydrogens (tertiary/aromatic N) is 2. The monoisotopic (exact) mass is 329 g/mol. The fraction of sp³-hybridized carbons (Fsp3) is 0.444. The van der Waals surface area contributed by atoms with E-state index in [1.54, 1.807) is 6.07 Å². The Bertz CT molecular complexity index is 671. The lowest BCUT2D eigenvalue weighted by atomic mass is 10.1. The second kappa shape index (κ2) is 7.59. The van der Waals surface area contributed by atoms with E-state index in [0.717, 1.165) is 25.2 Å². The van der Waals surface area contributed by atoms with Gasteiger partial charge in [-0.3, -0.25) is 15.0 Å². The molecular formula is C18H23N3O3. The number of hydrogen-bond acceptors (Lipinski definition) is 5. The van der Waals surface area contributed by atoms with Gasteiger partial charge in [0, 0.05) is 19.2 Å². The Balaban J connectivity index is 1.56. The number of amides is 1. The summed E-state index contributed by atoms with van der Waals surface area (Å²) in [6, 6.07) is 11.7. The first-order chi connectivity index (χ1) is 11.6. The number of benzene rings is 1. The van der Waals surface area contributed by atoms with Crippen LogP contribution < -0.4 is 5.32 Å². The molecule has 1 N–H and O–H groups in total. The zero-order valence-corrected chi connectivity index (χ0v) is 14.1. The van der Waals surface area contributed by atoms with E-state index in [1.807, 2.05) is 32.0 Å². The predicted octanol–water partition coefficient (Wildman–Crippen LogP) is 2.25. The number of morpholine rings is 1. The molecule has 2 aromatic rings. The van der Waals surface area contributed by atoms with E-state index in [1.165, 1.54) is 5.56 Å². The zero-order valence-electron chi connectivity index (χ0n) is 14.1. The average molecular weight is 329 g/mol. The van der Waals surface area contributed by atoms with Gasteiger partial charge in [0.15, 0.2) is 0 Å². The fourth-order valence-electron chi connectivity index (χ4n) is 2.91. The summed E-state index contributed by atoms with van der Waals surface area (Å²) in [4.78, 5) is 14.6. The van der Waals surface area contributed by atoms with Crippen molar-refractivity contribution in [1.29, 1.82) is 0 Å². The number of rotatable bonds is 5. The Morgan fingerprint density at radius 3 is 2.92 bits per heavy atom. The van der Waals surface area contributed by atoms with Crippen LogP contribution in [0.3, 0.4) is 0 Å². The number of carbonyl (C=O) groups excluding carboxylic acids is 1. The van der Waals surface area contributed by atoms with E-state index in [0.29, 0.717) is 12.5 Å². The molecule has 6 heteroatoms. The molecule has 6 nitrogen and oxygen atoms in total. The minimum atomic E-state index is -0.252. The third kappa shape index (κ3) is 4.21. The lowest BCUT2D eigenvalue weighted by Gasteiger charge is -2.36. The fourth-order valence-corrected chi connectivity index (χ4v) is 2.91. The van der Waals surface area contributed by atoms with Gasteiger partial charge < -0.3 is 9.26 Å². The Kier molecular flexibility index (Phi) is 5.27. The van der Waals surface area contributed by atoms with E-state index in [4.69, 9.17) is 9.26 Å². The molecular weight excluding hydrogens is 306 g/mol. The number of aryl methyl sites for hydroxylation is 1. The van der Waals surface area contributed by atoms with Gasteiger partial charge in [0.05, 0.1) is 24.4 Å². The van der Waals surface area contributed by atoms with Gasteiger partial charge in [0.2, 0.25) is 11.8 Å². The molecule has 0 aliphatic carbocycles. The topological polar surface area (TPSA) is 67.6 Å². The van der Waals surface area contributed by atoms with Crippen molar-refractivity contribution in [2.24, 2.45) is 0 Å². The first-order valence-corrected chi connectivity index (χ1v) is 8.25. The first kappa shape index (κ1) is 16.7. The van der Waals surface area contributed by atoms with E-state index < -0.39 is 0 Å². The molecule has 1 saturated heterocycles. The highest BCUT2D eigenvalue weighted by molar-refractivity contribution is 5.93. The summed E-state index contributed by atoms with van der Waals surface area (Å²) in [5.74, 6) is 0.296. The first-order valence-electron chi connectivity index (χ1n) is 8.25. The van der Waals surface area contributed by atoms with Crippen molar-refractivity contribution in [2.75, 3.05) is 25.0 Å². The molecule has 3 rings (SSSR count). The van der Waals surface area contributed by atoms with Gasteiger partial charge >= 0.3 is 0 Å². The van der Waals surface area contributed by atoms with Crippen LogP contribution in [0.2, 0.25) is 0 Å². The number of hydrogen-bond donors (Lipinski definition) is 1. The van der Waals surface area contributed by atoms with Crippen molar-refractivity contribution >= 4 is 11.8 Å². The standard InChI is InChI=1S/C18H23N3O3/c1-13-10-17(24-20-13)19-18(22)14(2)21-8-9-23-16(12-21)11-15-6-4-3-5-7-15/h3-7,10,14,16H,8-9,11-12H2,1-2H3,(H,19,22). The average Bonchev–Trinajstić information content (AvgIpc) is 3.00. The second-order valence-electron chi connectivity index (χ2n) is 6.18. The van der Waals surface area contributed by atoms with Gasteiger partial charge in [-0.25, -0.2) is 0 Å². The van der Waals surface area contributed by atoms with Crippen LogP contribution in [0.1, 0.15) is 18.2 Å². The van der Waals surface area contributed by atoms with E-state index in [9.17, 15) is 4.79 Å². The lowest BCUT2D eigenvalue weighted by Crippen LogP contribution is -2.51. The third-order valence-corrected chi connectivity index (χ3v) is 4.28. The summed E-state index contributed by atoms with van der Waals surface area (Å²) in [6.45, 7) is 5.84. The Hall–Kier alpha value is -2.18. The SMILES string of the molecule is Cc1cc(NC(=O)C(C)N2CCOC(Cc3ccccc3)C2)on1. The van der Waals surface area contributed by atoms with Crippen LogP contribution in [0.25, 0.3) is 0 Å². The van der Waals surface area contributed by atoms with Crippen LogP contribution in [0.5, 0.6) is 0 Å². The number of carbonyl (C=O) groups is 1. The van der Waals surface area contributed by atoms with Gasteiger partial charge in [-0.2, -0.15) is 0 Å². The van der Waals surface area contributed by atoms with Crippen molar-refractivity contribution in [3.8, 4) is 0 Å². The summed E-state index contributed by atoms with van der Waals surface area (Å²) in [5, 5.41) is 6.55. The smallest absolute Gasteiger partial charge is 0.243 e. The van der Waals surface area contributed by atoms with Crippen molar-refractivity contribution in [1.82, 2.24) is 10.1 Å². The number of aromatic nitrogens is 1. The van der Waals surface area contributed by atoms with Crippen LogP contribution in [-0.4, -0.2) is 47.8 Å². The van der Waals surface area contributed by atoms with Gasteiger partial charge in [0.25, 0.3) is 0 Å². The van der Waals surface area contributed by atoms with Crippen LogP contribution in [0, 0.1) is 6.92 Å². The molecule has 1 fully saturated rings. The molecule has 2 unspecified atom stereocenters. The Morgan fingerprint density at radius 2 is 2.21 bits per heavy atom. The summed E-state index contributed by atoms with van der Waals surface area (Å²) in [5.41, 5.74) is 1.99. The normalized spacial score (nSPS) is 19.8. The Morgan fingerprint density at radius 1 is 1.42 bits per heavy atom. The van der Waals surface area contributed by atoms with Gasteiger partial charge in [-0.05, 0) is 25.8 Å². The maximum Gasteiger partial charge on any atom is 0.243 e. The maximum atomic E-state index is 12.4. The minimum absolute atomic E-state index is 0.0912. The highest BCUT2D eigenvalue weighted by Crippen LogP contribution is 2.15. The molecule has 0 spiro atoms. The summed E-state index contributed by atoms with van der Waals surface area (Å²) >= 11 is 0. The molecule has 1 amide bonds. The molecule has 2 atom stereocenters. The summed E-state index contributed by atoms with van der Waals surface area (Å²) < 4.78 is 10.9. The third-order valence-electron chi connectivity index (χ3n) is 4.28. The predicted molar refractivity (Wildman–Crippen MR) is 90.8 cm³/mol. The molecule has 1 aromatic carbocycles. The van der Waals surface area contributed by atoms with Gasteiger partial charge in [-0.15, -0.1) is 0 Å². The van der Waals surface area contributed by atoms with Crippen LogP contribution in [-0.2, 0) is 16.0 Å². The van der Waals surface area contributed by atoms with Crippen molar-refractivity contribution < 1.29 is 14.1 Å². The number of ether oxygens (including phenoxy) is 1. The molecule has 0 saturated carbocycles. The number of nitrogens with one attached hydrogen (secondary N) is 1. The molecule has 0 radical (unpaired) electrons. The van der Waals surface area contributed by atoms with E-state index in [2.05, 4.69) is 27.5 Å². The largest absolute Gasteiger partial charge is 0.375 e. The Labute approximate surface area is 141 Å². The van der Waals surface area contributed by atoms with E-state index in [-0.39, 0.29) is 18.1 Å². The molecule has 24 heavy (non-hydrogen) atoms. The molecule has 0 bridgehead atoms. The molecule has 128 valence electrons. The van der Waals surface area contributed by atoms with Gasteiger partial charge in [-0.1, -0.05) is 35.5 Å². The lowest BCUT2D eigenvalue weighted by molar-refractivity contribution is -0.124. The summed E-state index contributed by atoms with van der Waals surface area (Å²) in [7, 11) is 0. The molecule has 1 aliphatic heterocycles. The van der Waals surface area contributed by atoms with Crippen LogP contribution in [0.15, 0.2) is 40.9 Å². The van der Waals surface area contributed by atoms with Crippen molar-refractivity contribution in [2.45, 2.75) is 32.4 Å². The molecule has 1 aliphatic rings. The van der Waals surface area contributed by atoms with Gasteiger partial charge in [0.1, 0.15) is 0 Å². The second-order valence-corrected chi connectivity index (χ2v) is 6.18. The molecule has 1 aromatic heterocycles. The highest BCUT2D eigenvalue weighted by Gasteiger charge is 2.28. The highest BCUT2D eigenvalue weighted by atomic mass is 16.5. The maximum absolute atomic E-state index is 12.4. The zero-order chi connectivity index (χ0) is 16.9. The number of anilines is 1. The van der Waals surface area contributed by atoms with Crippen LogP contribution >= 0.6 is 0 Å². The summed E-state index contributed by atoms with van der Waals surface area (Å²) in [6.07, 6.45) is 0.955. The van der Waals surface area contributed by atoms with Crippen molar-refractivity contribution in [3.05, 3.63) is 47.7 Å². The molecule has 2 heterocycles.